The predicted octanol–water partition coefficient (Wildman–Crippen LogP) is 3.81. The highest BCUT2D eigenvalue weighted by molar-refractivity contribution is 7.89. The molecule has 158 valence electrons. The second-order valence-electron chi connectivity index (χ2n) is 7.62. The standard InChI is InChI=1S/C23H23N5O2S/c1-14-9-17(10-15(2)27-14)19-7-8-25-21-6-5-16(11-20(19)21)18-12-22(23(24)26-13-18)31(29,30)28(3)4/h5-13H,1-4H3,(H2,24,26). The van der Waals surface area contributed by atoms with Gasteiger partial charge in [-0.2, -0.15) is 0 Å². The van der Waals surface area contributed by atoms with E-state index in [1.54, 1.807) is 18.5 Å². The Labute approximate surface area is 181 Å². The summed E-state index contributed by atoms with van der Waals surface area (Å²) in [4.78, 5) is 13.1. The third-order valence-corrected chi connectivity index (χ3v) is 6.95. The summed E-state index contributed by atoms with van der Waals surface area (Å²) in [5.74, 6) is -0.0247. The first-order valence-electron chi connectivity index (χ1n) is 9.69. The quantitative estimate of drug-likeness (QED) is 0.525. The molecule has 0 atom stereocenters. The van der Waals surface area contributed by atoms with Crippen LogP contribution in [-0.4, -0.2) is 41.8 Å². The van der Waals surface area contributed by atoms with Crippen molar-refractivity contribution in [2.75, 3.05) is 19.8 Å². The van der Waals surface area contributed by atoms with E-state index in [1.807, 2.05) is 50.2 Å². The molecule has 0 fully saturated rings. The maximum Gasteiger partial charge on any atom is 0.246 e. The molecule has 2 N–H and O–H groups in total. The van der Waals surface area contributed by atoms with E-state index >= 15 is 0 Å². The first-order chi connectivity index (χ1) is 14.7. The van der Waals surface area contributed by atoms with Crippen LogP contribution in [0.1, 0.15) is 11.4 Å². The average Bonchev–Trinajstić information content (AvgIpc) is 2.72. The smallest absolute Gasteiger partial charge is 0.246 e. The van der Waals surface area contributed by atoms with E-state index in [-0.39, 0.29) is 10.7 Å². The lowest BCUT2D eigenvalue weighted by Gasteiger charge is -2.14. The van der Waals surface area contributed by atoms with Gasteiger partial charge in [-0.25, -0.2) is 17.7 Å². The van der Waals surface area contributed by atoms with Gasteiger partial charge in [0.1, 0.15) is 10.7 Å². The minimum atomic E-state index is -3.71. The van der Waals surface area contributed by atoms with Crippen molar-refractivity contribution in [3.05, 3.63) is 66.2 Å². The molecule has 0 aliphatic carbocycles. The lowest BCUT2D eigenvalue weighted by atomic mass is 9.97. The molecular weight excluding hydrogens is 410 g/mol. The molecule has 8 heteroatoms. The van der Waals surface area contributed by atoms with E-state index in [4.69, 9.17) is 5.73 Å². The highest BCUT2D eigenvalue weighted by Crippen LogP contribution is 2.33. The molecule has 0 aliphatic rings. The summed E-state index contributed by atoms with van der Waals surface area (Å²) in [7, 11) is -0.782. The van der Waals surface area contributed by atoms with Crippen LogP contribution in [0.2, 0.25) is 0 Å². The Morgan fingerprint density at radius 1 is 0.871 bits per heavy atom. The average molecular weight is 434 g/mol. The van der Waals surface area contributed by atoms with Crippen molar-refractivity contribution in [3.63, 3.8) is 0 Å². The van der Waals surface area contributed by atoms with E-state index in [2.05, 4.69) is 15.0 Å². The zero-order valence-corrected chi connectivity index (χ0v) is 18.6. The molecule has 0 saturated heterocycles. The summed E-state index contributed by atoms with van der Waals surface area (Å²) in [6, 6.07) is 13.5. The van der Waals surface area contributed by atoms with Crippen LogP contribution in [0.4, 0.5) is 5.82 Å². The van der Waals surface area contributed by atoms with E-state index in [0.717, 1.165) is 43.3 Å². The van der Waals surface area contributed by atoms with Crippen LogP contribution in [-0.2, 0) is 10.0 Å². The molecule has 3 heterocycles. The Hall–Kier alpha value is -3.36. The van der Waals surface area contributed by atoms with Crippen molar-refractivity contribution in [1.82, 2.24) is 19.3 Å². The van der Waals surface area contributed by atoms with Gasteiger partial charge < -0.3 is 5.73 Å². The number of anilines is 1. The number of sulfonamides is 1. The molecule has 0 unspecified atom stereocenters. The minimum absolute atomic E-state index is 0.0121. The molecule has 0 saturated carbocycles. The van der Waals surface area contributed by atoms with Crippen LogP contribution in [0.15, 0.2) is 59.8 Å². The maximum absolute atomic E-state index is 12.6. The fourth-order valence-electron chi connectivity index (χ4n) is 3.58. The fraction of sp³-hybridized carbons (Fsp3) is 0.174. The second-order valence-corrected chi connectivity index (χ2v) is 9.74. The number of nitrogens with zero attached hydrogens (tertiary/aromatic N) is 4. The number of nitrogens with two attached hydrogens (primary N) is 1. The zero-order chi connectivity index (χ0) is 22.3. The molecule has 0 radical (unpaired) electrons. The van der Waals surface area contributed by atoms with Crippen molar-refractivity contribution in [3.8, 4) is 22.3 Å². The van der Waals surface area contributed by atoms with Crippen LogP contribution in [0.25, 0.3) is 33.2 Å². The van der Waals surface area contributed by atoms with Gasteiger partial charge in [-0.3, -0.25) is 9.97 Å². The Morgan fingerprint density at radius 3 is 2.26 bits per heavy atom. The topological polar surface area (TPSA) is 102 Å². The van der Waals surface area contributed by atoms with Crippen molar-refractivity contribution < 1.29 is 8.42 Å². The summed E-state index contributed by atoms with van der Waals surface area (Å²) in [5, 5.41) is 0.957. The van der Waals surface area contributed by atoms with Gasteiger partial charge >= 0.3 is 0 Å². The van der Waals surface area contributed by atoms with Crippen LogP contribution in [0, 0.1) is 13.8 Å². The number of fused-ring (bicyclic) bond motifs is 1. The molecule has 0 bridgehead atoms. The SMILES string of the molecule is Cc1cc(-c2ccnc3ccc(-c4cnc(N)c(S(=O)(=O)N(C)C)c4)cc23)cc(C)n1. The molecule has 31 heavy (non-hydrogen) atoms. The lowest BCUT2D eigenvalue weighted by Crippen LogP contribution is -2.23. The highest BCUT2D eigenvalue weighted by Gasteiger charge is 2.22. The van der Waals surface area contributed by atoms with Crippen molar-refractivity contribution >= 4 is 26.7 Å². The van der Waals surface area contributed by atoms with Crippen LogP contribution < -0.4 is 5.73 Å². The summed E-state index contributed by atoms with van der Waals surface area (Å²) >= 11 is 0. The van der Waals surface area contributed by atoms with Crippen LogP contribution in [0.3, 0.4) is 0 Å². The number of aromatic nitrogens is 3. The fourth-order valence-corrected chi connectivity index (χ4v) is 4.57. The first-order valence-corrected chi connectivity index (χ1v) is 11.1. The Kier molecular flexibility index (Phi) is 5.20. The normalized spacial score (nSPS) is 11.9. The van der Waals surface area contributed by atoms with Gasteiger partial charge in [0.05, 0.1) is 5.52 Å². The molecule has 3 aromatic heterocycles. The number of benzene rings is 1. The largest absolute Gasteiger partial charge is 0.383 e. The van der Waals surface area contributed by atoms with E-state index in [9.17, 15) is 8.42 Å². The highest BCUT2D eigenvalue weighted by atomic mass is 32.2. The van der Waals surface area contributed by atoms with Gasteiger partial charge in [0.15, 0.2) is 0 Å². The Balaban J connectivity index is 1.91. The van der Waals surface area contributed by atoms with Gasteiger partial charge in [0.2, 0.25) is 10.0 Å². The van der Waals surface area contributed by atoms with Gasteiger partial charge in [0.25, 0.3) is 0 Å². The van der Waals surface area contributed by atoms with Crippen LogP contribution >= 0.6 is 0 Å². The maximum atomic E-state index is 12.6. The second kappa shape index (κ2) is 7.72. The van der Waals surface area contributed by atoms with Crippen molar-refractivity contribution in [1.29, 1.82) is 0 Å². The molecule has 7 nitrogen and oxygen atoms in total. The van der Waals surface area contributed by atoms with Gasteiger partial charge in [-0.15, -0.1) is 0 Å². The van der Waals surface area contributed by atoms with Crippen molar-refractivity contribution in [2.24, 2.45) is 0 Å². The number of hydrogen-bond acceptors (Lipinski definition) is 6. The van der Waals surface area contributed by atoms with E-state index in [1.165, 1.54) is 14.1 Å². The van der Waals surface area contributed by atoms with E-state index < -0.39 is 10.0 Å². The monoisotopic (exact) mass is 433 g/mol. The van der Waals surface area contributed by atoms with E-state index in [0.29, 0.717) is 5.56 Å². The molecule has 0 aliphatic heterocycles. The number of hydrogen-bond donors (Lipinski definition) is 1. The third-order valence-electron chi connectivity index (χ3n) is 5.11. The van der Waals surface area contributed by atoms with Crippen LogP contribution in [0.5, 0.6) is 0 Å². The summed E-state index contributed by atoms with van der Waals surface area (Å²) in [5.41, 5.74) is 12.2. The van der Waals surface area contributed by atoms with Gasteiger partial charge in [0, 0.05) is 48.8 Å². The molecule has 4 rings (SSSR count). The third kappa shape index (κ3) is 3.87. The number of pyridine rings is 3. The molecule has 1 aromatic carbocycles. The number of nitrogen functional groups attached to an aromatic ring is 1. The van der Waals surface area contributed by atoms with Gasteiger partial charge in [-0.05, 0) is 66.9 Å². The van der Waals surface area contributed by atoms with Crippen molar-refractivity contribution in [2.45, 2.75) is 18.7 Å². The zero-order valence-electron chi connectivity index (χ0n) is 17.8. The Morgan fingerprint density at radius 2 is 1.58 bits per heavy atom. The first kappa shape index (κ1) is 20.9. The summed E-state index contributed by atoms with van der Waals surface area (Å²) < 4.78 is 26.4. The summed E-state index contributed by atoms with van der Waals surface area (Å²) in [6.45, 7) is 3.94. The minimum Gasteiger partial charge on any atom is -0.383 e. The molecule has 0 amide bonds. The number of rotatable bonds is 4. The lowest BCUT2D eigenvalue weighted by molar-refractivity contribution is 0.521. The predicted molar refractivity (Wildman–Crippen MR) is 123 cm³/mol. The molecule has 4 aromatic rings. The molecule has 0 spiro atoms. The number of aryl methyl sites for hydroxylation is 2. The molecular formula is C23H23N5O2S. The van der Waals surface area contributed by atoms with Gasteiger partial charge in [-0.1, -0.05) is 6.07 Å². The Bertz CT molecular complexity index is 1390. The summed E-state index contributed by atoms with van der Waals surface area (Å²) in [6.07, 6.45) is 3.37.